The summed E-state index contributed by atoms with van der Waals surface area (Å²) in [6, 6.07) is 0.399. The van der Waals surface area contributed by atoms with E-state index in [2.05, 4.69) is 15.3 Å². The summed E-state index contributed by atoms with van der Waals surface area (Å²) in [5.41, 5.74) is 5.96. The number of ether oxygens (including phenoxy) is 1. The predicted molar refractivity (Wildman–Crippen MR) is 43.7 cm³/mol. The largest absolute Gasteiger partial charge is 0.457 e. The van der Waals surface area contributed by atoms with Gasteiger partial charge in [0.2, 0.25) is 0 Å². The van der Waals surface area contributed by atoms with E-state index in [9.17, 15) is 0 Å². The van der Waals surface area contributed by atoms with Gasteiger partial charge in [0, 0.05) is 13.1 Å². The molecule has 3 N–H and O–H groups in total. The normalized spacial score (nSPS) is 17.0. The maximum Gasteiger partial charge on any atom is 0.316 e. The van der Waals surface area contributed by atoms with E-state index in [4.69, 9.17) is 10.5 Å². The summed E-state index contributed by atoms with van der Waals surface area (Å²) in [5.74, 6) is 0. The number of hydrogen-bond acceptors (Lipinski definition) is 5. The van der Waals surface area contributed by atoms with E-state index in [0.29, 0.717) is 11.7 Å². The van der Waals surface area contributed by atoms with Crippen LogP contribution in [0.1, 0.15) is 0 Å². The van der Waals surface area contributed by atoms with Crippen LogP contribution in [-0.4, -0.2) is 29.2 Å². The molecule has 5 nitrogen and oxygen atoms in total. The molecule has 1 fully saturated rings. The van der Waals surface area contributed by atoms with Crippen molar-refractivity contribution >= 4 is 5.69 Å². The van der Waals surface area contributed by atoms with E-state index in [1.807, 2.05) is 0 Å². The van der Waals surface area contributed by atoms with Crippen LogP contribution in [0, 0.1) is 0 Å². The maximum absolute atomic E-state index is 5.41. The summed E-state index contributed by atoms with van der Waals surface area (Å²) in [5, 5.41) is 3.09. The Balaban J connectivity index is 1.98. The Kier molecular flexibility index (Phi) is 1.79. The number of nitrogens with one attached hydrogen (secondary N) is 1. The molecule has 12 heavy (non-hydrogen) atoms. The molecule has 1 aliphatic heterocycles. The molecule has 0 unspecified atom stereocenters. The van der Waals surface area contributed by atoms with Crippen molar-refractivity contribution in [3.8, 4) is 6.01 Å². The van der Waals surface area contributed by atoms with E-state index in [-0.39, 0.29) is 6.10 Å². The van der Waals surface area contributed by atoms with Gasteiger partial charge in [-0.25, -0.2) is 9.97 Å². The molecule has 0 amide bonds. The number of nitrogens with two attached hydrogens (primary N) is 1. The summed E-state index contributed by atoms with van der Waals surface area (Å²) in [4.78, 5) is 7.83. The number of anilines is 1. The van der Waals surface area contributed by atoms with Crippen LogP contribution in [0.2, 0.25) is 0 Å². The first-order chi connectivity index (χ1) is 5.84. The number of nitrogen functional groups attached to an aromatic ring is 1. The molecule has 0 spiro atoms. The molecule has 1 aromatic heterocycles. The van der Waals surface area contributed by atoms with Gasteiger partial charge in [-0.3, -0.25) is 0 Å². The Morgan fingerprint density at radius 1 is 1.42 bits per heavy atom. The van der Waals surface area contributed by atoms with Crippen LogP contribution in [0.4, 0.5) is 5.69 Å². The maximum atomic E-state index is 5.41. The van der Waals surface area contributed by atoms with Crippen molar-refractivity contribution in [1.29, 1.82) is 0 Å². The van der Waals surface area contributed by atoms with E-state index >= 15 is 0 Å². The van der Waals surface area contributed by atoms with Gasteiger partial charge in [0.1, 0.15) is 6.10 Å². The minimum atomic E-state index is 0.216. The van der Waals surface area contributed by atoms with Crippen LogP contribution in [0.15, 0.2) is 12.4 Å². The van der Waals surface area contributed by atoms with Gasteiger partial charge in [-0.05, 0) is 0 Å². The SMILES string of the molecule is Nc1cnc(OC2CNC2)nc1. The zero-order valence-corrected chi connectivity index (χ0v) is 6.53. The Morgan fingerprint density at radius 2 is 2.08 bits per heavy atom. The fourth-order valence-corrected chi connectivity index (χ4v) is 0.882. The Bertz CT molecular complexity index is 257. The van der Waals surface area contributed by atoms with Crippen LogP contribution in [0.5, 0.6) is 6.01 Å². The van der Waals surface area contributed by atoms with Crippen molar-refractivity contribution in [2.24, 2.45) is 0 Å². The Hall–Kier alpha value is -1.36. The standard InChI is InChI=1S/C7H10N4O/c8-5-1-10-7(11-2-5)12-6-3-9-4-6/h1-2,6,9H,3-4,8H2. The molecular formula is C7H10N4O. The molecule has 0 radical (unpaired) electrons. The van der Waals surface area contributed by atoms with Crippen molar-refractivity contribution in [2.75, 3.05) is 18.8 Å². The van der Waals surface area contributed by atoms with E-state index in [1.54, 1.807) is 0 Å². The molecule has 0 bridgehead atoms. The lowest BCUT2D eigenvalue weighted by Crippen LogP contribution is -2.50. The van der Waals surface area contributed by atoms with Gasteiger partial charge in [0.25, 0.3) is 0 Å². The first-order valence-corrected chi connectivity index (χ1v) is 3.79. The second-order valence-electron chi connectivity index (χ2n) is 2.70. The van der Waals surface area contributed by atoms with Crippen LogP contribution >= 0.6 is 0 Å². The molecule has 0 saturated carbocycles. The highest BCUT2D eigenvalue weighted by atomic mass is 16.5. The van der Waals surface area contributed by atoms with Gasteiger partial charge in [0.15, 0.2) is 0 Å². The minimum Gasteiger partial charge on any atom is -0.457 e. The Labute approximate surface area is 70.0 Å². The van der Waals surface area contributed by atoms with Gasteiger partial charge in [-0.2, -0.15) is 0 Å². The quantitative estimate of drug-likeness (QED) is 0.614. The highest BCUT2D eigenvalue weighted by Gasteiger charge is 2.18. The third-order valence-electron chi connectivity index (χ3n) is 1.66. The van der Waals surface area contributed by atoms with Gasteiger partial charge >= 0.3 is 6.01 Å². The molecule has 0 aromatic carbocycles. The molecule has 5 heteroatoms. The van der Waals surface area contributed by atoms with Gasteiger partial charge in [-0.15, -0.1) is 0 Å². The highest BCUT2D eigenvalue weighted by molar-refractivity contribution is 5.30. The summed E-state index contributed by atoms with van der Waals surface area (Å²) in [7, 11) is 0. The Morgan fingerprint density at radius 3 is 2.58 bits per heavy atom. The molecular weight excluding hydrogens is 156 g/mol. The lowest BCUT2D eigenvalue weighted by Gasteiger charge is -2.26. The van der Waals surface area contributed by atoms with Crippen LogP contribution in [0.3, 0.4) is 0 Å². The topological polar surface area (TPSA) is 73.1 Å². The highest BCUT2D eigenvalue weighted by Crippen LogP contribution is 2.07. The first-order valence-electron chi connectivity index (χ1n) is 3.79. The predicted octanol–water partition coefficient (Wildman–Crippen LogP) is -0.591. The first kappa shape index (κ1) is 7.30. The van der Waals surface area contributed by atoms with Crippen molar-refractivity contribution in [2.45, 2.75) is 6.10 Å². The minimum absolute atomic E-state index is 0.216. The van der Waals surface area contributed by atoms with Crippen LogP contribution < -0.4 is 15.8 Å². The van der Waals surface area contributed by atoms with Crippen molar-refractivity contribution in [3.63, 3.8) is 0 Å². The molecule has 0 atom stereocenters. The average Bonchev–Trinajstić information content (AvgIpc) is 2.00. The fourth-order valence-electron chi connectivity index (χ4n) is 0.882. The second kappa shape index (κ2) is 2.94. The van der Waals surface area contributed by atoms with Gasteiger partial charge in [0.05, 0.1) is 18.1 Å². The summed E-state index contributed by atoms with van der Waals surface area (Å²) in [6.07, 6.45) is 3.29. The molecule has 1 aliphatic rings. The fraction of sp³-hybridized carbons (Fsp3) is 0.429. The smallest absolute Gasteiger partial charge is 0.316 e. The van der Waals surface area contributed by atoms with E-state index in [1.165, 1.54) is 12.4 Å². The summed E-state index contributed by atoms with van der Waals surface area (Å²) < 4.78 is 5.36. The molecule has 2 heterocycles. The molecule has 1 saturated heterocycles. The lowest BCUT2D eigenvalue weighted by atomic mass is 10.2. The molecule has 2 rings (SSSR count). The molecule has 1 aromatic rings. The third-order valence-corrected chi connectivity index (χ3v) is 1.66. The van der Waals surface area contributed by atoms with Crippen molar-refractivity contribution in [1.82, 2.24) is 15.3 Å². The second-order valence-corrected chi connectivity index (χ2v) is 2.70. The van der Waals surface area contributed by atoms with Crippen molar-refractivity contribution < 1.29 is 4.74 Å². The lowest BCUT2D eigenvalue weighted by molar-refractivity contribution is 0.129. The van der Waals surface area contributed by atoms with Gasteiger partial charge in [-0.1, -0.05) is 0 Å². The van der Waals surface area contributed by atoms with Crippen LogP contribution in [0.25, 0.3) is 0 Å². The zero-order chi connectivity index (χ0) is 8.39. The number of rotatable bonds is 2. The van der Waals surface area contributed by atoms with E-state index < -0.39 is 0 Å². The number of nitrogens with zero attached hydrogens (tertiary/aromatic N) is 2. The monoisotopic (exact) mass is 166 g/mol. The summed E-state index contributed by atoms with van der Waals surface area (Å²) in [6.45, 7) is 1.74. The van der Waals surface area contributed by atoms with E-state index in [0.717, 1.165) is 13.1 Å². The zero-order valence-electron chi connectivity index (χ0n) is 6.53. The average molecular weight is 166 g/mol. The number of aromatic nitrogens is 2. The third kappa shape index (κ3) is 1.45. The molecule has 0 aliphatic carbocycles. The van der Waals surface area contributed by atoms with Crippen molar-refractivity contribution in [3.05, 3.63) is 12.4 Å². The summed E-state index contributed by atoms with van der Waals surface area (Å²) >= 11 is 0. The van der Waals surface area contributed by atoms with Gasteiger partial charge < -0.3 is 15.8 Å². The molecule has 64 valence electrons. The van der Waals surface area contributed by atoms with Crippen LogP contribution in [-0.2, 0) is 0 Å². The number of hydrogen-bond donors (Lipinski definition) is 2.